The topological polar surface area (TPSA) is 0 Å². The first kappa shape index (κ1) is 10.8. The third-order valence-electron chi connectivity index (χ3n) is 1.42. The van der Waals surface area contributed by atoms with Crippen molar-refractivity contribution in [1.82, 2.24) is 0 Å². The summed E-state index contributed by atoms with van der Waals surface area (Å²) in [5.74, 6) is 0.647. The largest absolute Gasteiger partial charge is 0.123 e. The lowest BCUT2D eigenvalue weighted by atomic mass is 10.1. The van der Waals surface area contributed by atoms with Crippen molar-refractivity contribution in [2.45, 2.75) is 32.9 Å². The molecule has 0 amide bonds. The first-order valence-electron chi connectivity index (χ1n) is 3.92. The van der Waals surface area contributed by atoms with E-state index in [0.29, 0.717) is 11.2 Å². The van der Waals surface area contributed by atoms with Crippen LogP contribution in [0.3, 0.4) is 0 Å². The Labute approximate surface area is 74.8 Å². The standard InChI is InChI=1S/C10H18S/c1-7(2)10(8(3)4)11-9(5)6/h8,10H,1,5H2,2-4,6H3. The average Bonchev–Trinajstić information content (AvgIpc) is 1.81. The quantitative estimate of drug-likeness (QED) is 0.577. The third kappa shape index (κ3) is 4.31. The van der Waals surface area contributed by atoms with Gasteiger partial charge in [-0.25, -0.2) is 0 Å². The highest BCUT2D eigenvalue weighted by Crippen LogP contribution is 2.29. The Kier molecular flexibility index (Phi) is 4.58. The molecule has 0 rings (SSSR count). The summed E-state index contributed by atoms with van der Waals surface area (Å²) in [6.45, 7) is 16.4. The molecule has 0 aromatic rings. The number of thioether (sulfide) groups is 1. The minimum atomic E-state index is 0.535. The number of hydrogen-bond acceptors (Lipinski definition) is 1. The number of hydrogen-bond donors (Lipinski definition) is 0. The lowest BCUT2D eigenvalue weighted by molar-refractivity contribution is 0.660. The predicted molar refractivity (Wildman–Crippen MR) is 55.8 cm³/mol. The second kappa shape index (κ2) is 4.66. The van der Waals surface area contributed by atoms with Gasteiger partial charge in [0.1, 0.15) is 0 Å². The summed E-state index contributed by atoms with van der Waals surface area (Å²) in [6, 6.07) is 0. The summed E-state index contributed by atoms with van der Waals surface area (Å²) in [4.78, 5) is 1.17. The minimum absolute atomic E-state index is 0.535. The maximum absolute atomic E-state index is 3.97. The van der Waals surface area contributed by atoms with E-state index in [-0.39, 0.29) is 0 Å². The zero-order valence-electron chi connectivity index (χ0n) is 7.98. The van der Waals surface area contributed by atoms with E-state index in [1.807, 2.05) is 18.7 Å². The molecule has 1 heteroatoms. The molecule has 0 aliphatic carbocycles. The van der Waals surface area contributed by atoms with E-state index in [9.17, 15) is 0 Å². The van der Waals surface area contributed by atoms with Crippen molar-refractivity contribution in [2.75, 3.05) is 0 Å². The molecule has 0 aliphatic rings. The first-order valence-corrected chi connectivity index (χ1v) is 4.80. The smallest absolute Gasteiger partial charge is 0.0317 e. The molecule has 0 saturated carbocycles. The normalized spacial score (nSPS) is 13.2. The van der Waals surface area contributed by atoms with Gasteiger partial charge in [-0.1, -0.05) is 32.6 Å². The molecule has 0 aromatic carbocycles. The summed E-state index contributed by atoms with van der Waals surface area (Å²) >= 11 is 1.82. The van der Waals surface area contributed by atoms with Gasteiger partial charge in [0.2, 0.25) is 0 Å². The Morgan fingerprint density at radius 3 is 1.73 bits per heavy atom. The molecule has 0 nitrogen and oxygen atoms in total. The van der Waals surface area contributed by atoms with Crippen molar-refractivity contribution in [2.24, 2.45) is 5.92 Å². The molecule has 1 atom stereocenters. The van der Waals surface area contributed by atoms with E-state index in [1.165, 1.54) is 10.5 Å². The number of rotatable bonds is 4. The summed E-state index contributed by atoms with van der Waals surface area (Å²) in [6.07, 6.45) is 0. The fourth-order valence-electron chi connectivity index (χ4n) is 1.02. The lowest BCUT2D eigenvalue weighted by Gasteiger charge is -2.20. The van der Waals surface area contributed by atoms with Crippen molar-refractivity contribution in [1.29, 1.82) is 0 Å². The molecule has 1 unspecified atom stereocenters. The summed E-state index contributed by atoms with van der Waals surface area (Å²) in [5.41, 5.74) is 1.24. The minimum Gasteiger partial charge on any atom is -0.123 e. The van der Waals surface area contributed by atoms with Crippen LogP contribution in [0.2, 0.25) is 0 Å². The number of allylic oxidation sites excluding steroid dienone is 1. The highest BCUT2D eigenvalue weighted by Gasteiger charge is 2.14. The van der Waals surface area contributed by atoms with Gasteiger partial charge in [-0.15, -0.1) is 11.8 Å². The van der Waals surface area contributed by atoms with Crippen molar-refractivity contribution >= 4 is 11.8 Å². The molecule has 0 bridgehead atoms. The van der Waals surface area contributed by atoms with E-state index in [1.54, 1.807) is 0 Å². The lowest BCUT2D eigenvalue weighted by Crippen LogP contribution is -2.11. The highest BCUT2D eigenvalue weighted by molar-refractivity contribution is 8.03. The van der Waals surface area contributed by atoms with E-state index in [0.717, 1.165) is 0 Å². The molecule has 64 valence electrons. The van der Waals surface area contributed by atoms with Crippen LogP contribution in [0.4, 0.5) is 0 Å². The Hall–Kier alpha value is -0.170. The van der Waals surface area contributed by atoms with Gasteiger partial charge in [0, 0.05) is 5.25 Å². The molecular formula is C10H18S. The molecule has 0 saturated heterocycles. The van der Waals surface area contributed by atoms with Gasteiger partial charge in [0.25, 0.3) is 0 Å². The van der Waals surface area contributed by atoms with Crippen LogP contribution < -0.4 is 0 Å². The van der Waals surface area contributed by atoms with Crippen molar-refractivity contribution in [3.05, 3.63) is 23.6 Å². The fourth-order valence-corrected chi connectivity index (χ4v) is 1.93. The van der Waals surface area contributed by atoms with Crippen LogP contribution in [0.5, 0.6) is 0 Å². The van der Waals surface area contributed by atoms with Gasteiger partial charge in [-0.3, -0.25) is 0 Å². The second-order valence-corrected chi connectivity index (χ2v) is 4.77. The molecular weight excluding hydrogens is 152 g/mol. The maximum Gasteiger partial charge on any atom is 0.0317 e. The van der Waals surface area contributed by atoms with Gasteiger partial charge < -0.3 is 0 Å². The predicted octanol–water partition coefficient (Wildman–Crippen LogP) is 3.85. The fraction of sp³-hybridized carbons (Fsp3) is 0.600. The molecule has 0 aromatic heterocycles. The van der Waals surface area contributed by atoms with Crippen LogP contribution in [0.15, 0.2) is 23.6 Å². The van der Waals surface area contributed by atoms with Gasteiger partial charge in [-0.05, 0) is 24.7 Å². The van der Waals surface area contributed by atoms with E-state index >= 15 is 0 Å². The summed E-state index contributed by atoms with van der Waals surface area (Å²) in [5, 5.41) is 0.535. The van der Waals surface area contributed by atoms with Gasteiger partial charge >= 0.3 is 0 Å². The van der Waals surface area contributed by atoms with Crippen molar-refractivity contribution in [3.63, 3.8) is 0 Å². The molecule has 0 heterocycles. The Balaban J connectivity index is 4.12. The first-order chi connectivity index (χ1) is 4.95. The van der Waals surface area contributed by atoms with Gasteiger partial charge in [-0.2, -0.15) is 0 Å². The van der Waals surface area contributed by atoms with Gasteiger partial charge in [0.05, 0.1) is 0 Å². The van der Waals surface area contributed by atoms with Crippen LogP contribution in [-0.2, 0) is 0 Å². The highest BCUT2D eigenvalue weighted by atomic mass is 32.2. The van der Waals surface area contributed by atoms with E-state index < -0.39 is 0 Å². The molecule has 0 spiro atoms. The Morgan fingerprint density at radius 1 is 1.18 bits per heavy atom. The maximum atomic E-state index is 3.97. The second-order valence-electron chi connectivity index (χ2n) is 3.33. The Bertz CT molecular complexity index is 156. The van der Waals surface area contributed by atoms with E-state index in [4.69, 9.17) is 0 Å². The molecule has 11 heavy (non-hydrogen) atoms. The van der Waals surface area contributed by atoms with Crippen LogP contribution in [0, 0.1) is 5.92 Å². The van der Waals surface area contributed by atoms with Crippen LogP contribution >= 0.6 is 11.8 Å². The molecule has 0 N–H and O–H groups in total. The average molecular weight is 170 g/mol. The summed E-state index contributed by atoms with van der Waals surface area (Å²) in [7, 11) is 0. The zero-order valence-corrected chi connectivity index (χ0v) is 8.79. The molecule has 0 radical (unpaired) electrons. The van der Waals surface area contributed by atoms with Crippen LogP contribution in [-0.4, -0.2) is 5.25 Å². The molecule has 0 fully saturated rings. The van der Waals surface area contributed by atoms with Crippen molar-refractivity contribution in [3.8, 4) is 0 Å². The Morgan fingerprint density at radius 2 is 1.64 bits per heavy atom. The third-order valence-corrected chi connectivity index (χ3v) is 3.02. The van der Waals surface area contributed by atoms with E-state index in [2.05, 4.69) is 33.9 Å². The zero-order chi connectivity index (χ0) is 9.02. The monoisotopic (exact) mass is 170 g/mol. The van der Waals surface area contributed by atoms with Crippen LogP contribution in [0.1, 0.15) is 27.7 Å². The van der Waals surface area contributed by atoms with Gasteiger partial charge in [0.15, 0.2) is 0 Å². The summed E-state index contributed by atoms with van der Waals surface area (Å²) < 4.78 is 0. The molecule has 0 aliphatic heterocycles. The van der Waals surface area contributed by atoms with Crippen molar-refractivity contribution < 1.29 is 0 Å². The van der Waals surface area contributed by atoms with Crippen LogP contribution in [0.25, 0.3) is 0 Å². The SMILES string of the molecule is C=C(C)SC(C(=C)C)C(C)C.